The van der Waals surface area contributed by atoms with E-state index in [4.69, 9.17) is 4.74 Å². The third kappa shape index (κ3) is 4.09. The molecule has 0 saturated heterocycles. The molecule has 0 bridgehead atoms. The van der Waals surface area contributed by atoms with Crippen LogP contribution in [0.3, 0.4) is 0 Å². The van der Waals surface area contributed by atoms with Crippen LogP contribution in [-0.4, -0.2) is 23.2 Å². The van der Waals surface area contributed by atoms with Gasteiger partial charge in [-0.05, 0) is 17.7 Å². The van der Waals surface area contributed by atoms with Crippen molar-refractivity contribution >= 4 is 12.1 Å². The molecule has 0 heterocycles. The molecule has 2 rings (SSSR count). The minimum atomic E-state index is -1.11. The quantitative estimate of drug-likeness (QED) is 0.889. The molecule has 0 saturated carbocycles. The maximum atomic E-state index is 11.9. The van der Waals surface area contributed by atoms with E-state index in [1.54, 1.807) is 37.3 Å². The summed E-state index contributed by atoms with van der Waals surface area (Å²) in [4.78, 5) is 23.3. The van der Waals surface area contributed by atoms with Gasteiger partial charge in [-0.3, -0.25) is 0 Å². The van der Waals surface area contributed by atoms with Crippen molar-refractivity contribution in [1.82, 2.24) is 5.32 Å². The molecule has 2 N–H and O–H groups in total. The molecule has 0 spiro atoms. The number of carboxylic acids is 1. The maximum Gasteiger partial charge on any atom is 0.413 e. The largest absolute Gasteiger partial charge is 0.480 e. The fraction of sp³-hybridized carbons (Fsp3) is 0.176. The van der Waals surface area contributed by atoms with Gasteiger partial charge in [0.25, 0.3) is 0 Å². The lowest BCUT2D eigenvalue weighted by molar-refractivity contribution is -0.139. The van der Waals surface area contributed by atoms with Crippen molar-refractivity contribution in [3.05, 3.63) is 66.2 Å². The Hall–Kier alpha value is -2.82. The Bertz CT molecular complexity index is 628. The Kier molecular flexibility index (Phi) is 5.14. The molecule has 5 heteroatoms. The molecule has 0 radical (unpaired) electrons. The van der Waals surface area contributed by atoms with Crippen molar-refractivity contribution in [2.75, 3.05) is 0 Å². The number of ether oxygens (including phenoxy) is 1. The number of hydrogen-bond donors (Lipinski definition) is 2. The third-order valence-corrected chi connectivity index (χ3v) is 3.32. The van der Waals surface area contributed by atoms with E-state index in [2.05, 4.69) is 5.32 Å². The highest BCUT2D eigenvalue weighted by molar-refractivity contribution is 5.81. The molecule has 114 valence electrons. The van der Waals surface area contributed by atoms with E-state index >= 15 is 0 Å². The molecule has 1 amide bonds. The highest BCUT2D eigenvalue weighted by Gasteiger charge is 2.28. The average molecular weight is 299 g/mol. The van der Waals surface area contributed by atoms with Gasteiger partial charge in [-0.15, -0.1) is 0 Å². The minimum Gasteiger partial charge on any atom is -0.480 e. The van der Waals surface area contributed by atoms with Crippen LogP contribution in [0.25, 0.3) is 0 Å². The summed E-state index contributed by atoms with van der Waals surface area (Å²) < 4.78 is 5.07. The lowest BCUT2D eigenvalue weighted by Gasteiger charge is -2.21. The number of rotatable bonds is 5. The number of para-hydroxylation sites is 1. The Morgan fingerprint density at radius 3 is 2.09 bits per heavy atom. The van der Waals surface area contributed by atoms with Gasteiger partial charge in [0.1, 0.15) is 11.8 Å². The normalized spacial score (nSPS) is 13.0. The second-order valence-corrected chi connectivity index (χ2v) is 4.86. The number of nitrogens with one attached hydrogen (secondary N) is 1. The summed E-state index contributed by atoms with van der Waals surface area (Å²) in [5.74, 6) is -1.14. The second-order valence-electron chi connectivity index (χ2n) is 4.86. The summed E-state index contributed by atoms with van der Waals surface area (Å²) in [6.07, 6.45) is -0.790. The number of carboxylic acid groups (broad SMARTS) is 1. The van der Waals surface area contributed by atoms with Gasteiger partial charge in [0, 0.05) is 5.92 Å². The van der Waals surface area contributed by atoms with Crippen LogP contribution >= 0.6 is 0 Å². The molecular weight excluding hydrogens is 282 g/mol. The van der Waals surface area contributed by atoms with Crippen LogP contribution in [0.15, 0.2) is 60.7 Å². The number of aliphatic carboxylic acids is 1. The van der Waals surface area contributed by atoms with Crippen molar-refractivity contribution in [2.45, 2.75) is 18.9 Å². The van der Waals surface area contributed by atoms with Crippen LogP contribution in [0.1, 0.15) is 18.4 Å². The SMILES string of the molecule is CC(c1ccccc1)C(NC(=O)Oc1ccccc1)C(=O)O. The fourth-order valence-corrected chi connectivity index (χ4v) is 2.10. The van der Waals surface area contributed by atoms with Crippen molar-refractivity contribution in [2.24, 2.45) is 0 Å². The van der Waals surface area contributed by atoms with E-state index < -0.39 is 18.1 Å². The van der Waals surface area contributed by atoms with Crippen molar-refractivity contribution < 1.29 is 19.4 Å². The molecule has 2 aromatic rings. The first-order chi connectivity index (χ1) is 10.6. The minimum absolute atomic E-state index is 0.358. The topological polar surface area (TPSA) is 75.6 Å². The first-order valence-corrected chi connectivity index (χ1v) is 6.89. The Labute approximate surface area is 128 Å². The Morgan fingerprint density at radius 1 is 1.00 bits per heavy atom. The summed E-state index contributed by atoms with van der Waals surface area (Å²) in [7, 11) is 0. The van der Waals surface area contributed by atoms with Gasteiger partial charge in [-0.1, -0.05) is 55.5 Å². The molecule has 2 unspecified atom stereocenters. The number of amides is 1. The van der Waals surface area contributed by atoms with E-state index in [9.17, 15) is 14.7 Å². The molecule has 0 fully saturated rings. The van der Waals surface area contributed by atoms with Crippen LogP contribution < -0.4 is 10.1 Å². The predicted octanol–water partition coefficient (Wildman–Crippen LogP) is 3.03. The van der Waals surface area contributed by atoms with E-state index in [0.717, 1.165) is 5.56 Å². The van der Waals surface area contributed by atoms with Gasteiger partial charge in [0.15, 0.2) is 0 Å². The summed E-state index contributed by atoms with van der Waals surface area (Å²) >= 11 is 0. The van der Waals surface area contributed by atoms with Gasteiger partial charge in [0.05, 0.1) is 0 Å². The van der Waals surface area contributed by atoms with E-state index in [0.29, 0.717) is 5.75 Å². The highest BCUT2D eigenvalue weighted by Crippen LogP contribution is 2.19. The van der Waals surface area contributed by atoms with Crippen LogP contribution in [0.4, 0.5) is 4.79 Å². The number of benzene rings is 2. The van der Waals surface area contributed by atoms with Gasteiger partial charge in [-0.25, -0.2) is 9.59 Å². The standard InChI is InChI=1S/C17H17NO4/c1-12(13-8-4-2-5-9-13)15(16(19)20)18-17(21)22-14-10-6-3-7-11-14/h2-12,15H,1H3,(H,18,21)(H,19,20). The molecule has 0 aliphatic carbocycles. The number of carbonyl (C=O) groups excluding carboxylic acids is 1. The molecule has 0 aliphatic rings. The molecule has 2 atom stereocenters. The Morgan fingerprint density at radius 2 is 1.55 bits per heavy atom. The second kappa shape index (κ2) is 7.26. The number of carbonyl (C=O) groups is 2. The summed E-state index contributed by atoms with van der Waals surface area (Å²) in [6, 6.07) is 16.6. The van der Waals surface area contributed by atoms with Gasteiger partial charge in [-0.2, -0.15) is 0 Å². The zero-order valence-corrected chi connectivity index (χ0v) is 12.1. The fourth-order valence-electron chi connectivity index (χ4n) is 2.10. The van der Waals surface area contributed by atoms with E-state index in [-0.39, 0.29) is 5.92 Å². The van der Waals surface area contributed by atoms with Crippen molar-refractivity contribution in [3.8, 4) is 5.75 Å². The molecule has 0 aliphatic heterocycles. The molecule has 2 aromatic carbocycles. The van der Waals surface area contributed by atoms with Crippen molar-refractivity contribution in [3.63, 3.8) is 0 Å². The van der Waals surface area contributed by atoms with Crippen LogP contribution in [-0.2, 0) is 4.79 Å². The van der Waals surface area contributed by atoms with Crippen LogP contribution in [0.5, 0.6) is 5.75 Å². The molecule has 22 heavy (non-hydrogen) atoms. The zero-order valence-electron chi connectivity index (χ0n) is 12.1. The lowest BCUT2D eigenvalue weighted by Crippen LogP contribution is -2.45. The molecule has 0 aromatic heterocycles. The highest BCUT2D eigenvalue weighted by atomic mass is 16.6. The predicted molar refractivity (Wildman–Crippen MR) is 81.9 cm³/mol. The zero-order chi connectivity index (χ0) is 15.9. The Balaban J connectivity index is 2.06. The van der Waals surface area contributed by atoms with Crippen LogP contribution in [0, 0.1) is 0 Å². The third-order valence-electron chi connectivity index (χ3n) is 3.32. The monoisotopic (exact) mass is 299 g/mol. The average Bonchev–Trinajstić information content (AvgIpc) is 2.53. The van der Waals surface area contributed by atoms with Crippen molar-refractivity contribution in [1.29, 1.82) is 0 Å². The molecular formula is C17H17NO4. The lowest BCUT2D eigenvalue weighted by atomic mass is 9.93. The first kappa shape index (κ1) is 15.6. The summed E-state index contributed by atoms with van der Waals surface area (Å²) in [6.45, 7) is 1.75. The summed E-state index contributed by atoms with van der Waals surface area (Å²) in [5, 5.41) is 11.8. The summed E-state index contributed by atoms with van der Waals surface area (Å²) in [5.41, 5.74) is 0.829. The van der Waals surface area contributed by atoms with Gasteiger partial charge in [0.2, 0.25) is 0 Å². The van der Waals surface area contributed by atoms with E-state index in [1.807, 2.05) is 30.3 Å². The van der Waals surface area contributed by atoms with Gasteiger partial charge >= 0.3 is 12.1 Å². The van der Waals surface area contributed by atoms with Crippen LogP contribution in [0.2, 0.25) is 0 Å². The van der Waals surface area contributed by atoms with Gasteiger partial charge < -0.3 is 15.2 Å². The van der Waals surface area contributed by atoms with E-state index in [1.165, 1.54) is 0 Å². The first-order valence-electron chi connectivity index (χ1n) is 6.89. The molecule has 5 nitrogen and oxygen atoms in total. The number of hydrogen-bond acceptors (Lipinski definition) is 3. The maximum absolute atomic E-state index is 11.9. The smallest absolute Gasteiger partial charge is 0.413 e.